The number of nitrogens with zero attached hydrogens (tertiary/aromatic N) is 1. The molecule has 1 amide bonds. The summed E-state index contributed by atoms with van der Waals surface area (Å²) in [7, 11) is 0. The molecule has 17 heavy (non-hydrogen) atoms. The summed E-state index contributed by atoms with van der Waals surface area (Å²) in [5.41, 5.74) is 5.77. The van der Waals surface area contributed by atoms with Crippen LogP contribution in [0.25, 0.3) is 0 Å². The highest BCUT2D eigenvalue weighted by atomic mass is 35.5. The van der Waals surface area contributed by atoms with Crippen LogP contribution in [0, 0.1) is 0 Å². The number of nitrogens with two attached hydrogens (primary N) is 1. The van der Waals surface area contributed by atoms with E-state index in [0.29, 0.717) is 23.9 Å². The molecule has 1 fully saturated rings. The van der Waals surface area contributed by atoms with Gasteiger partial charge in [-0.25, -0.2) is 4.79 Å². The zero-order chi connectivity index (χ0) is 12.3. The number of benzene rings is 1. The average molecular weight is 255 g/mol. The lowest BCUT2D eigenvalue weighted by Gasteiger charge is -2.29. The highest BCUT2D eigenvalue weighted by Crippen LogP contribution is 2.24. The summed E-state index contributed by atoms with van der Waals surface area (Å²) in [4.78, 5) is 13.5. The third-order valence-electron chi connectivity index (χ3n) is 2.83. The molecule has 2 rings (SSSR count). The largest absolute Gasteiger partial charge is 0.415 e. The van der Waals surface area contributed by atoms with Gasteiger partial charge in [0.1, 0.15) is 0 Å². The van der Waals surface area contributed by atoms with Gasteiger partial charge in [-0.05, 0) is 25.0 Å². The smallest absolute Gasteiger partial charge is 0.409 e. The molecule has 5 heteroatoms. The molecule has 92 valence electrons. The molecule has 1 aliphatic heterocycles. The van der Waals surface area contributed by atoms with E-state index in [0.717, 1.165) is 12.8 Å². The molecular weight excluding hydrogens is 240 g/mol. The van der Waals surface area contributed by atoms with E-state index in [9.17, 15) is 4.79 Å². The van der Waals surface area contributed by atoms with E-state index in [4.69, 9.17) is 22.1 Å². The Hall–Kier alpha value is -1.26. The van der Waals surface area contributed by atoms with Gasteiger partial charge in [0.05, 0.1) is 5.02 Å². The second-order valence-corrected chi connectivity index (χ2v) is 4.53. The van der Waals surface area contributed by atoms with Crippen LogP contribution in [0.2, 0.25) is 5.02 Å². The molecule has 0 bridgehead atoms. The van der Waals surface area contributed by atoms with Crippen molar-refractivity contribution < 1.29 is 9.53 Å². The highest BCUT2D eigenvalue weighted by molar-refractivity contribution is 6.32. The minimum absolute atomic E-state index is 0.194. The van der Waals surface area contributed by atoms with Crippen molar-refractivity contribution in [1.29, 1.82) is 0 Å². The summed E-state index contributed by atoms with van der Waals surface area (Å²) < 4.78 is 5.23. The maximum absolute atomic E-state index is 11.8. The van der Waals surface area contributed by atoms with Crippen LogP contribution < -0.4 is 10.5 Å². The lowest BCUT2D eigenvalue weighted by molar-refractivity contribution is 0.139. The van der Waals surface area contributed by atoms with Gasteiger partial charge in [-0.3, -0.25) is 0 Å². The van der Waals surface area contributed by atoms with Crippen LogP contribution in [0.1, 0.15) is 12.8 Å². The predicted molar refractivity (Wildman–Crippen MR) is 66.3 cm³/mol. The molecule has 2 N–H and O–H groups in total. The SMILES string of the molecule is NC1CCN(C(=O)Oc2ccccc2Cl)CC1. The minimum atomic E-state index is -0.356. The molecule has 1 aliphatic rings. The quantitative estimate of drug-likeness (QED) is 0.836. The average Bonchev–Trinajstić information content (AvgIpc) is 2.33. The third kappa shape index (κ3) is 3.11. The maximum Gasteiger partial charge on any atom is 0.415 e. The maximum atomic E-state index is 11.8. The van der Waals surface area contributed by atoms with E-state index in [2.05, 4.69) is 0 Å². The Balaban J connectivity index is 1.95. The number of likely N-dealkylation sites (tertiary alicyclic amines) is 1. The monoisotopic (exact) mass is 254 g/mol. The second kappa shape index (κ2) is 5.38. The van der Waals surface area contributed by atoms with E-state index in [1.165, 1.54) is 0 Å². The van der Waals surface area contributed by atoms with Gasteiger partial charge < -0.3 is 15.4 Å². The van der Waals surface area contributed by atoms with Crippen LogP contribution in [0.3, 0.4) is 0 Å². The molecular formula is C12H15ClN2O2. The summed E-state index contributed by atoms with van der Waals surface area (Å²) in [6.45, 7) is 1.29. The van der Waals surface area contributed by atoms with Crippen molar-refractivity contribution in [3.05, 3.63) is 29.3 Å². The number of ether oxygens (including phenoxy) is 1. The van der Waals surface area contributed by atoms with Crippen molar-refractivity contribution in [2.45, 2.75) is 18.9 Å². The molecule has 0 radical (unpaired) electrons. The lowest BCUT2D eigenvalue weighted by atomic mass is 10.1. The van der Waals surface area contributed by atoms with Gasteiger partial charge in [0, 0.05) is 19.1 Å². The van der Waals surface area contributed by atoms with Gasteiger partial charge in [-0.15, -0.1) is 0 Å². The normalized spacial score (nSPS) is 16.9. The highest BCUT2D eigenvalue weighted by Gasteiger charge is 2.22. The molecule has 0 atom stereocenters. The molecule has 1 heterocycles. The van der Waals surface area contributed by atoms with E-state index < -0.39 is 0 Å². The summed E-state index contributed by atoms with van der Waals surface area (Å²) in [6.07, 6.45) is 1.28. The fraction of sp³-hybridized carbons (Fsp3) is 0.417. The van der Waals surface area contributed by atoms with Crippen LogP contribution >= 0.6 is 11.6 Å². The van der Waals surface area contributed by atoms with Crippen molar-refractivity contribution >= 4 is 17.7 Å². The van der Waals surface area contributed by atoms with Crippen LogP contribution in [-0.2, 0) is 0 Å². The van der Waals surface area contributed by atoms with Crippen molar-refractivity contribution in [3.8, 4) is 5.75 Å². The van der Waals surface area contributed by atoms with E-state index in [1.807, 2.05) is 0 Å². The van der Waals surface area contributed by atoms with Crippen molar-refractivity contribution in [2.24, 2.45) is 5.73 Å². The second-order valence-electron chi connectivity index (χ2n) is 4.12. The van der Waals surface area contributed by atoms with Gasteiger partial charge in [0.25, 0.3) is 0 Å². The van der Waals surface area contributed by atoms with Crippen molar-refractivity contribution in [1.82, 2.24) is 4.90 Å². The Labute approximate surface area is 105 Å². The summed E-state index contributed by atoms with van der Waals surface area (Å²) in [5.74, 6) is 0.397. The Morgan fingerprint density at radius 2 is 2.00 bits per heavy atom. The molecule has 4 nitrogen and oxygen atoms in total. The van der Waals surface area contributed by atoms with E-state index in [1.54, 1.807) is 29.2 Å². The number of rotatable bonds is 1. The molecule has 0 spiro atoms. The van der Waals surface area contributed by atoms with E-state index in [-0.39, 0.29) is 12.1 Å². The number of carbonyl (C=O) groups excluding carboxylic acids is 1. The topological polar surface area (TPSA) is 55.6 Å². The number of halogens is 1. The number of para-hydroxylation sites is 1. The number of carbonyl (C=O) groups is 1. The van der Waals surface area contributed by atoms with Gasteiger partial charge in [-0.1, -0.05) is 23.7 Å². The fourth-order valence-electron chi connectivity index (χ4n) is 1.77. The predicted octanol–water partition coefficient (Wildman–Crippen LogP) is 2.26. The first-order chi connectivity index (χ1) is 8.16. The standard InChI is InChI=1S/C12H15ClN2O2/c13-10-3-1-2-4-11(10)17-12(16)15-7-5-9(14)6-8-15/h1-4,9H,5-8,14H2. The summed E-state index contributed by atoms with van der Waals surface area (Å²) in [5, 5.41) is 0.439. The van der Waals surface area contributed by atoms with Crippen LogP contribution in [-0.4, -0.2) is 30.1 Å². The number of hydrogen-bond acceptors (Lipinski definition) is 3. The number of hydrogen-bond donors (Lipinski definition) is 1. The Bertz CT molecular complexity index is 403. The Morgan fingerprint density at radius 1 is 1.35 bits per heavy atom. The molecule has 1 saturated heterocycles. The van der Waals surface area contributed by atoms with E-state index >= 15 is 0 Å². The molecule has 1 aromatic carbocycles. The number of piperidine rings is 1. The third-order valence-corrected chi connectivity index (χ3v) is 3.14. The Morgan fingerprint density at radius 3 is 2.65 bits per heavy atom. The number of amides is 1. The molecule has 0 aromatic heterocycles. The van der Waals surface area contributed by atoms with Gasteiger partial charge >= 0.3 is 6.09 Å². The van der Waals surface area contributed by atoms with Gasteiger partial charge in [0.15, 0.2) is 5.75 Å². The first-order valence-electron chi connectivity index (χ1n) is 5.63. The fourth-order valence-corrected chi connectivity index (χ4v) is 1.94. The lowest BCUT2D eigenvalue weighted by Crippen LogP contribution is -2.44. The van der Waals surface area contributed by atoms with Crippen LogP contribution in [0.5, 0.6) is 5.75 Å². The molecule has 0 aliphatic carbocycles. The zero-order valence-electron chi connectivity index (χ0n) is 9.43. The minimum Gasteiger partial charge on any atom is -0.409 e. The Kier molecular flexibility index (Phi) is 3.86. The van der Waals surface area contributed by atoms with Crippen molar-refractivity contribution in [2.75, 3.05) is 13.1 Å². The van der Waals surface area contributed by atoms with Gasteiger partial charge in [0.2, 0.25) is 0 Å². The molecule has 0 saturated carbocycles. The summed E-state index contributed by atoms with van der Waals surface area (Å²) >= 11 is 5.91. The molecule has 0 unspecified atom stereocenters. The van der Waals surface area contributed by atoms with Gasteiger partial charge in [-0.2, -0.15) is 0 Å². The van der Waals surface area contributed by atoms with Crippen molar-refractivity contribution in [3.63, 3.8) is 0 Å². The van der Waals surface area contributed by atoms with Crippen LogP contribution in [0.15, 0.2) is 24.3 Å². The molecule has 1 aromatic rings. The zero-order valence-corrected chi connectivity index (χ0v) is 10.2. The van der Waals surface area contributed by atoms with Crippen LogP contribution in [0.4, 0.5) is 4.79 Å². The first-order valence-corrected chi connectivity index (χ1v) is 6.01. The summed E-state index contributed by atoms with van der Waals surface area (Å²) in [6, 6.07) is 7.13. The first kappa shape index (κ1) is 12.2.